The van der Waals surface area contributed by atoms with Crippen molar-refractivity contribution in [3.8, 4) is 0 Å². The number of rotatable bonds is 0. The molecule has 0 amide bonds. The first-order valence-corrected chi connectivity index (χ1v) is 10.9. The van der Waals surface area contributed by atoms with E-state index in [1.807, 2.05) is 55.4 Å². The Kier molecular flexibility index (Phi) is 5.04. The molecule has 0 aliphatic heterocycles. The Morgan fingerprint density at radius 1 is 0.433 bits per heavy atom. The number of hydrogen-bond acceptors (Lipinski definition) is 4. The fourth-order valence-electron chi connectivity index (χ4n) is 4.51. The lowest BCUT2D eigenvalue weighted by atomic mass is 9.65. The van der Waals surface area contributed by atoms with Gasteiger partial charge in [-0.15, -0.1) is 0 Å². The maximum absolute atomic E-state index is 13.4. The molecule has 3 rings (SSSR count). The monoisotopic (exact) mass is 410 g/mol. The zero-order valence-electron chi connectivity index (χ0n) is 19.6. The van der Waals surface area contributed by atoms with Gasteiger partial charge in [-0.05, 0) is 37.8 Å². The highest BCUT2D eigenvalue weighted by molar-refractivity contribution is 6.19. The number of fused-ring (bicyclic) bond motifs is 2. The van der Waals surface area contributed by atoms with Crippen LogP contribution in [0.1, 0.15) is 123 Å². The van der Waals surface area contributed by atoms with Gasteiger partial charge < -0.3 is 0 Å². The second-order valence-corrected chi connectivity index (χ2v) is 11.8. The molecule has 0 aromatic heterocycles. The molecule has 2 aliphatic rings. The van der Waals surface area contributed by atoms with Crippen LogP contribution >= 0.6 is 0 Å². The van der Waals surface area contributed by atoms with Gasteiger partial charge in [0.1, 0.15) is 0 Å². The van der Waals surface area contributed by atoms with E-state index < -0.39 is 21.7 Å². The maximum atomic E-state index is 13.4. The number of carbonyl (C=O) groups is 4. The van der Waals surface area contributed by atoms with Gasteiger partial charge in [0.05, 0.1) is 0 Å². The lowest BCUT2D eigenvalue weighted by Gasteiger charge is -2.36. The van der Waals surface area contributed by atoms with Crippen LogP contribution < -0.4 is 0 Å². The molecule has 1 aromatic rings. The van der Waals surface area contributed by atoms with Crippen molar-refractivity contribution in [2.24, 2.45) is 21.7 Å². The quantitative estimate of drug-likeness (QED) is 0.517. The van der Waals surface area contributed by atoms with Crippen molar-refractivity contribution in [1.82, 2.24) is 0 Å². The fraction of sp³-hybridized carbons (Fsp3) is 0.615. The Bertz CT molecular complexity index is 819. The maximum Gasteiger partial charge on any atom is 0.169 e. The molecule has 0 fully saturated rings. The van der Waals surface area contributed by atoms with E-state index in [1.54, 1.807) is 12.1 Å². The van der Waals surface area contributed by atoms with E-state index in [2.05, 4.69) is 0 Å². The van der Waals surface area contributed by atoms with Gasteiger partial charge in [-0.3, -0.25) is 19.2 Å². The lowest BCUT2D eigenvalue weighted by Crippen LogP contribution is -2.38. The predicted molar refractivity (Wildman–Crippen MR) is 117 cm³/mol. The minimum Gasteiger partial charge on any atom is -0.294 e. The third kappa shape index (κ3) is 3.48. The van der Waals surface area contributed by atoms with Crippen molar-refractivity contribution in [3.05, 3.63) is 34.4 Å². The highest BCUT2D eigenvalue weighted by Gasteiger charge is 2.45. The van der Waals surface area contributed by atoms with Crippen LogP contribution in [-0.2, 0) is 0 Å². The Balaban J connectivity index is 2.39. The minimum absolute atomic E-state index is 0.136. The fourth-order valence-corrected chi connectivity index (χ4v) is 4.51. The van der Waals surface area contributed by atoms with E-state index in [9.17, 15) is 19.2 Å². The van der Waals surface area contributed by atoms with Crippen molar-refractivity contribution in [2.75, 3.05) is 0 Å². The van der Waals surface area contributed by atoms with Crippen molar-refractivity contribution < 1.29 is 19.2 Å². The standard InChI is InChI=1S/C26H34O4/c1-23(2)9-10-24(3,4)20(28)16-14-18-17(13-15(16)19(23)27)21(29)25(5,6)11-12-26(7,8)22(18)30/h13-14H,9-12H2,1-8H3. The summed E-state index contributed by atoms with van der Waals surface area (Å²) in [5.74, 6) is -0.543. The second-order valence-electron chi connectivity index (χ2n) is 11.8. The molecule has 0 unspecified atom stereocenters. The summed E-state index contributed by atoms with van der Waals surface area (Å²) in [5.41, 5.74) is -1.46. The van der Waals surface area contributed by atoms with Crippen LogP contribution in [0.2, 0.25) is 0 Å². The topological polar surface area (TPSA) is 68.3 Å². The highest BCUT2D eigenvalue weighted by Crippen LogP contribution is 2.44. The molecule has 0 bridgehead atoms. The van der Waals surface area contributed by atoms with Crippen LogP contribution in [-0.4, -0.2) is 23.1 Å². The van der Waals surface area contributed by atoms with Gasteiger partial charge in [-0.2, -0.15) is 0 Å². The molecule has 0 radical (unpaired) electrons. The van der Waals surface area contributed by atoms with Crippen molar-refractivity contribution in [3.63, 3.8) is 0 Å². The molecular formula is C26H34O4. The molecule has 4 heteroatoms. The molecule has 0 N–H and O–H groups in total. The molecule has 1 aromatic carbocycles. The van der Waals surface area contributed by atoms with E-state index in [-0.39, 0.29) is 45.4 Å². The zero-order valence-corrected chi connectivity index (χ0v) is 19.6. The van der Waals surface area contributed by atoms with Gasteiger partial charge >= 0.3 is 0 Å². The third-order valence-electron chi connectivity index (χ3n) is 7.34. The Hall–Kier alpha value is -2.10. The number of hydrogen-bond donors (Lipinski definition) is 0. The van der Waals surface area contributed by atoms with Gasteiger partial charge in [0.2, 0.25) is 0 Å². The van der Waals surface area contributed by atoms with Gasteiger partial charge in [-0.25, -0.2) is 0 Å². The first-order valence-electron chi connectivity index (χ1n) is 10.9. The third-order valence-corrected chi connectivity index (χ3v) is 7.34. The van der Waals surface area contributed by atoms with E-state index in [0.717, 1.165) is 0 Å². The number of benzene rings is 1. The smallest absolute Gasteiger partial charge is 0.169 e. The summed E-state index contributed by atoms with van der Waals surface area (Å²) in [7, 11) is 0. The zero-order chi connectivity index (χ0) is 22.9. The van der Waals surface area contributed by atoms with Gasteiger partial charge in [-0.1, -0.05) is 55.4 Å². The van der Waals surface area contributed by atoms with Crippen LogP contribution in [0.15, 0.2) is 12.1 Å². The molecular weight excluding hydrogens is 376 g/mol. The minimum atomic E-state index is -0.648. The van der Waals surface area contributed by atoms with Gasteiger partial charge in [0, 0.05) is 43.9 Å². The molecule has 0 saturated heterocycles. The summed E-state index contributed by atoms with van der Waals surface area (Å²) in [4.78, 5) is 53.7. The molecule has 30 heavy (non-hydrogen) atoms. The van der Waals surface area contributed by atoms with Crippen molar-refractivity contribution in [2.45, 2.75) is 81.1 Å². The number of ketones is 4. The summed E-state index contributed by atoms with van der Waals surface area (Å²) in [6.07, 6.45) is 2.36. The van der Waals surface area contributed by atoms with Gasteiger partial charge in [0.15, 0.2) is 23.1 Å². The van der Waals surface area contributed by atoms with Gasteiger partial charge in [0.25, 0.3) is 0 Å². The lowest BCUT2D eigenvalue weighted by molar-refractivity contribution is 0.0697. The normalized spacial score (nSPS) is 24.8. The molecule has 0 atom stereocenters. The summed E-state index contributed by atoms with van der Waals surface area (Å²) in [5, 5.41) is 0. The molecule has 2 aliphatic carbocycles. The Labute approximate surface area is 179 Å². The molecule has 0 saturated carbocycles. The summed E-state index contributed by atoms with van der Waals surface area (Å²) < 4.78 is 0. The molecule has 4 nitrogen and oxygen atoms in total. The van der Waals surface area contributed by atoms with E-state index >= 15 is 0 Å². The first-order chi connectivity index (χ1) is 13.5. The SMILES string of the molecule is CC1(C)CCC(C)(C)C(=O)c2cc3c(cc2C1=O)C(=O)C(C)(C)CCC(C)(C)C3=O. The van der Waals surface area contributed by atoms with Crippen molar-refractivity contribution in [1.29, 1.82) is 0 Å². The first kappa shape index (κ1) is 22.6. The number of Topliss-reactive ketones (excluding diaryl/α,β-unsaturated/α-hetero) is 4. The molecule has 0 spiro atoms. The Morgan fingerprint density at radius 2 is 0.600 bits per heavy atom. The average Bonchev–Trinajstić information content (AvgIpc) is 2.66. The summed E-state index contributed by atoms with van der Waals surface area (Å²) >= 11 is 0. The van der Waals surface area contributed by atoms with Crippen LogP contribution in [0.4, 0.5) is 0 Å². The van der Waals surface area contributed by atoms with Crippen LogP contribution in [0.5, 0.6) is 0 Å². The highest BCUT2D eigenvalue weighted by atomic mass is 16.1. The van der Waals surface area contributed by atoms with Crippen LogP contribution in [0.3, 0.4) is 0 Å². The Morgan fingerprint density at radius 3 is 0.767 bits per heavy atom. The van der Waals surface area contributed by atoms with E-state index in [1.165, 1.54) is 0 Å². The van der Waals surface area contributed by atoms with E-state index in [4.69, 9.17) is 0 Å². The second kappa shape index (κ2) is 6.70. The summed E-state index contributed by atoms with van der Waals surface area (Å²) in [6, 6.07) is 3.11. The molecule has 0 heterocycles. The van der Waals surface area contributed by atoms with Crippen molar-refractivity contribution >= 4 is 23.1 Å². The van der Waals surface area contributed by atoms with Crippen LogP contribution in [0.25, 0.3) is 0 Å². The van der Waals surface area contributed by atoms with Crippen LogP contribution in [0, 0.1) is 21.7 Å². The predicted octanol–water partition coefficient (Wildman–Crippen LogP) is 6.11. The largest absolute Gasteiger partial charge is 0.294 e. The average molecular weight is 411 g/mol. The van der Waals surface area contributed by atoms with E-state index in [0.29, 0.717) is 25.7 Å². The summed E-state index contributed by atoms with van der Waals surface area (Å²) in [6.45, 7) is 15.1. The molecule has 162 valence electrons. The number of carbonyl (C=O) groups excluding carboxylic acids is 4.